The number of nitro groups is 1. The standard InChI is InChI=1S/C9H13BrN4O2/c1-2-13(4-3-11)9-8(10)5-7(6-12-9)14(15)16/h5-6H,2-4,11H2,1H3. The quantitative estimate of drug-likeness (QED) is 0.656. The minimum Gasteiger partial charge on any atom is -0.355 e. The normalized spacial score (nSPS) is 10.2. The van der Waals surface area contributed by atoms with Gasteiger partial charge in [0.25, 0.3) is 5.69 Å². The summed E-state index contributed by atoms with van der Waals surface area (Å²) in [6, 6.07) is 1.45. The molecule has 1 heterocycles. The third kappa shape index (κ3) is 2.89. The molecule has 0 atom stereocenters. The molecule has 0 spiro atoms. The summed E-state index contributed by atoms with van der Waals surface area (Å²) in [6.45, 7) is 3.91. The maximum atomic E-state index is 10.5. The molecule has 0 radical (unpaired) electrons. The van der Waals surface area contributed by atoms with Crippen LogP contribution in [0.4, 0.5) is 11.5 Å². The highest BCUT2D eigenvalue weighted by atomic mass is 79.9. The molecule has 0 saturated heterocycles. The second kappa shape index (κ2) is 5.76. The maximum absolute atomic E-state index is 10.5. The van der Waals surface area contributed by atoms with E-state index in [1.54, 1.807) is 0 Å². The van der Waals surface area contributed by atoms with E-state index in [1.807, 2.05) is 11.8 Å². The Hall–Kier alpha value is -1.21. The van der Waals surface area contributed by atoms with E-state index in [2.05, 4.69) is 20.9 Å². The lowest BCUT2D eigenvalue weighted by atomic mass is 10.3. The van der Waals surface area contributed by atoms with Gasteiger partial charge in [0.1, 0.15) is 12.0 Å². The summed E-state index contributed by atoms with van der Waals surface area (Å²) in [5, 5.41) is 10.5. The van der Waals surface area contributed by atoms with E-state index in [9.17, 15) is 10.1 Å². The van der Waals surface area contributed by atoms with Crippen LogP contribution in [0.25, 0.3) is 0 Å². The predicted octanol–water partition coefficient (Wildman–Crippen LogP) is 1.54. The molecule has 1 aromatic rings. The van der Waals surface area contributed by atoms with Gasteiger partial charge in [0.15, 0.2) is 0 Å². The summed E-state index contributed by atoms with van der Waals surface area (Å²) < 4.78 is 0.608. The van der Waals surface area contributed by atoms with Gasteiger partial charge in [0.05, 0.1) is 9.40 Å². The lowest BCUT2D eigenvalue weighted by Crippen LogP contribution is -2.30. The molecule has 1 rings (SSSR count). The summed E-state index contributed by atoms with van der Waals surface area (Å²) in [4.78, 5) is 16.1. The van der Waals surface area contributed by atoms with Crippen molar-refractivity contribution in [1.29, 1.82) is 0 Å². The summed E-state index contributed by atoms with van der Waals surface area (Å²) in [6.07, 6.45) is 1.25. The van der Waals surface area contributed by atoms with Crippen LogP contribution in [0.5, 0.6) is 0 Å². The van der Waals surface area contributed by atoms with Crippen molar-refractivity contribution in [3.05, 3.63) is 26.9 Å². The molecule has 0 aliphatic heterocycles. The molecule has 88 valence electrons. The molecule has 2 N–H and O–H groups in total. The van der Waals surface area contributed by atoms with Gasteiger partial charge >= 0.3 is 0 Å². The third-order valence-corrected chi connectivity index (χ3v) is 2.68. The number of pyridine rings is 1. The zero-order valence-electron chi connectivity index (χ0n) is 8.89. The van der Waals surface area contributed by atoms with E-state index in [-0.39, 0.29) is 5.69 Å². The summed E-state index contributed by atoms with van der Waals surface area (Å²) in [5.74, 6) is 0.679. The van der Waals surface area contributed by atoms with Crippen LogP contribution in [-0.2, 0) is 0 Å². The van der Waals surface area contributed by atoms with Gasteiger partial charge < -0.3 is 10.6 Å². The van der Waals surface area contributed by atoms with Crippen molar-refractivity contribution >= 4 is 27.4 Å². The van der Waals surface area contributed by atoms with Crippen LogP contribution < -0.4 is 10.6 Å². The number of rotatable bonds is 5. The fourth-order valence-corrected chi connectivity index (χ4v) is 1.91. The first-order valence-electron chi connectivity index (χ1n) is 4.85. The maximum Gasteiger partial charge on any atom is 0.288 e. The molecular formula is C9H13BrN4O2. The van der Waals surface area contributed by atoms with Crippen molar-refractivity contribution in [2.75, 3.05) is 24.5 Å². The summed E-state index contributed by atoms with van der Waals surface area (Å²) >= 11 is 3.28. The minimum atomic E-state index is -0.471. The number of hydrogen-bond acceptors (Lipinski definition) is 5. The number of hydrogen-bond donors (Lipinski definition) is 1. The molecule has 0 saturated carbocycles. The Kier molecular flexibility index (Phi) is 4.63. The second-order valence-electron chi connectivity index (χ2n) is 3.12. The number of halogens is 1. The van der Waals surface area contributed by atoms with Gasteiger partial charge in [-0.15, -0.1) is 0 Å². The number of nitrogens with two attached hydrogens (primary N) is 1. The molecule has 0 aliphatic rings. The van der Waals surface area contributed by atoms with Gasteiger partial charge in [0.2, 0.25) is 0 Å². The number of anilines is 1. The predicted molar refractivity (Wildman–Crippen MR) is 65.5 cm³/mol. The Balaban J connectivity index is 3.01. The second-order valence-corrected chi connectivity index (χ2v) is 3.98. The fraction of sp³-hybridized carbons (Fsp3) is 0.444. The van der Waals surface area contributed by atoms with Gasteiger partial charge in [-0.2, -0.15) is 0 Å². The van der Waals surface area contributed by atoms with E-state index in [4.69, 9.17) is 5.73 Å². The van der Waals surface area contributed by atoms with Crippen molar-refractivity contribution in [2.24, 2.45) is 5.73 Å². The Morgan fingerprint density at radius 1 is 1.69 bits per heavy atom. The van der Waals surface area contributed by atoms with Crippen LogP contribution in [0, 0.1) is 10.1 Å². The Bertz CT molecular complexity index is 386. The zero-order chi connectivity index (χ0) is 12.1. The minimum absolute atomic E-state index is 0.0283. The van der Waals surface area contributed by atoms with Crippen molar-refractivity contribution in [3.63, 3.8) is 0 Å². The number of nitrogens with zero attached hydrogens (tertiary/aromatic N) is 3. The molecule has 0 fully saturated rings. The molecule has 0 amide bonds. The van der Waals surface area contributed by atoms with E-state index < -0.39 is 4.92 Å². The first-order valence-corrected chi connectivity index (χ1v) is 5.64. The highest BCUT2D eigenvalue weighted by molar-refractivity contribution is 9.10. The molecule has 0 aromatic carbocycles. The number of likely N-dealkylation sites (N-methyl/N-ethyl adjacent to an activating group) is 1. The molecule has 0 aliphatic carbocycles. The Morgan fingerprint density at radius 3 is 2.81 bits per heavy atom. The summed E-state index contributed by atoms with van der Waals surface area (Å²) in [5.41, 5.74) is 5.45. The van der Waals surface area contributed by atoms with Crippen molar-refractivity contribution in [2.45, 2.75) is 6.92 Å². The van der Waals surface area contributed by atoms with E-state index >= 15 is 0 Å². The first kappa shape index (κ1) is 12.9. The van der Waals surface area contributed by atoms with Crippen LogP contribution in [-0.4, -0.2) is 29.5 Å². The average Bonchev–Trinajstić information content (AvgIpc) is 2.26. The first-order chi connectivity index (χ1) is 7.60. The highest BCUT2D eigenvalue weighted by Crippen LogP contribution is 2.27. The molecule has 6 nitrogen and oxygen atoms in total. The van der Waals surface area contributed by atoms with Gasteiger partial charge in [-0.25, -0.2) is 4.98 Å². The average molecular weight is 289 g/mol. The van der Waals surface area contributed by atoms with Crippen LogP contribution >= 0.6 is 15.9 Å². The Labute approximate surface area is 102 Å². The molecule has 7 heteroatoms. The van der Waals surface area contributed by atoms with Gasteiger partial charge in [0, 0.05) is 25.7 Å². The molecule has 1 aromatic heterocycles. The molecular weight excluding hydrogens is 276 g/mol. The van der Waals surface area contributed by atoms with Crippen LogP contribution in [0.1, 0.15) is 6.92 Å². The van der Waals surface area contributed by atoms with Gasteiger partial charge in [-0.3, -0.25) is 10.1 Å². The smallest absolute Gasteiger partial charge is 0.288 e. The molecule has 0 bridgehead atoms. The van der Waals surface area contributed by atoms with Crippen LogP contribution in [0.15, 0.2) is 16.7 Å². The van der Waals surface area contributed by atoms with Crippen LogP contribution in [0.2, 0.25) is 0 Å². The third-order valence-electron chi connectivity index (χ3n) is 2.10. The van der Waals surface area contributed by atoms with Crippen molar-refractivity contribution in [1.82, 2.24) is 4.98 Å². The Morgan fingerprint density at radius 2 is 2.38 bits per heavy atom. The van der Waals surface area contributed by atoms with Gasteiger partial charge in [-0.05, 0) is 22.9 Å². The van der Waals surface area contributed by atoms with Gasteiger partial charge in [-0.1, -0.05) is 0 Å². The number of aromatic nitrogens is 1. The van der Waals surface area contributed by atoms with E-state index in [0.717, 1.165) is 6.54 Å². The summed E-state index contributed by atoms with van der Waals surface area (Å²) in [7, 11) is 0. The van der Waals surface area contributed by atoms with E-state index in [0.29, 0.717) is 23.4 Å². The van der Waals surface area contributed by atoms with E-state index in [1.165, 1.54) is 12.3 Å². The lowest BCUT2D eigenvalue weighted by Gasteiger charge is -2.21. The van der Waals surface area contributed by atoms with Crippen molar-refractivity contribution in [3.8, 4) is 0 Å². The molecule has 16 heavy (non-hydrogen) atoms. The van der Waals surface area contributed by atoms with Crippen LogP contribution in [0.3, 0.4) is 0 Å². The lowest BCUT2D eigenvalue weighted by molar-refractivity contribution is -0.385. The largest absolute Gasteiger partial charge is 0.355 e. The highest BCUT2D eigenvalue weighted by Gasteiger charge is 2.14. The fourth-order valence-electron chi connectivity index (χ4n) is 1.32. The van der Waals surface area contributed by atoms with Crippen molar-refractivity contribution < 1.29 is 4.92 Å². The zero-order valence-corrected chi connectivity index (χ0v) is 10.5. The SMILES string of the molecule is CCN(CCN)c1ncc([N+](=O)[O-])cc1Br. The topological polar surface area (TPSA) is 85.3 Å². The molecule has 0 unspecified atom stereocenters. The monoisotopic (exact) mass is 288 g/mol.